The van der Waals surface area contributed by atoms with Gasteiger partial charge in [-0.05, 0) is 30.3 Å². The monoisotopic (exact) mass is 392 g/mol. The van der Waals surface area contributed by atoms with Crippen molar-refractivity contribution in [3.05, 3.63) is 77.7 Å². The molecule has 0 aliphatic rings. The van der Waals surface area contributed by atoms with E-state index < -0.39 is 24.2 Å². The van der Waals surface area contributed by atoms with Crippen LogP contribution in [0.4, 0.5) is 10.1 Å². The molecule has 0 aliphatic carbocycles. The van der Waals surface area contributed by atoms with Crippen LogP contribution in [0.1, 0.15) is 22.8 Å². The molecule has 1 N–H and O–H groups in total. The number of carbonyl (C=O) groups is 3. The second-order valence-electron chi connectivity index (χ2n) is 6.16. The summed E-state index contributed by atoms with van der Waals surface area (Å²) in [4.78, 5) is 39.3. The Hall–Kier alpha value is -3.87. The van der Waals surface area contributed by atoms with Crippen LogP contribution in [0.15, 0.2) is 60.8 Å². The number of fused-ring (bicyclic) bond motifs is 1. The quantitative estimate of drug-likeness (QED) is 0.392. The normalized spacial score (nSPS) is 10.8. The standard InChI is InChI=1S/C22H17FN2O4/c1-14(26)25-17-8-9-18(19(23)12-17)20(27)13-29-21(28)10-7-16-5-2-4-15-6-3-11-24-22(15)16/h2-12H,13H2,1H3,(H,25,26)/b10-7+. The average Bonchev–Trinajstić information content (AvgIpc) is 2.70. The Bertz CT molecular complexity index is 1120. The number of ether oxygens (including phenoxy) is 1. The van der Waals surface area contributed by atoms with Gasteiger partial charge < -0.3 is 10.1 Å². The van der Waals surface area contributed by atoms with Crippen LogP contribution in [0.3, 0.4) is 0 Å². The molecule has 1 heterocycles. The summed E-state index contributed by atoms with van der Waals surface area (Å²) in [7, 11) is 0. The van der Waals surface area contributed by atoms with Gasteiger partial charge in [-0.15, -0.1) is 0 Å². The molecule has 0 fully saturated rings. The first kappa shape index (κ1) is 19.9. The molecule has 0 bridgehead atoms. The largest absolute Gasteiger partial charge is 0.454 e. The smallest absolute Gasteiger partial charge is 0.331 e. The van der Waals surface area contributed by atoms with E-state index >= 15 is 0 Å². The Morgan fingerprint density at radius 3 is 2.69 bits per heavy atom. The number of para-hydroxylation sites is 1. The molecule has 0 aliphatic heterocycles. The van der Waals surface area contributed by atoms with Gasteiger partial charge in [-0.3, -0.25) is 14.6 Å². The minimum Gasteiger partial charge on any atom is -0.454 e. The maximum Gasteiger partial charge on any atom is 0.331 e. The maximum absolute atomic E-state index is 14.1. The van der Waals surface area contributed by atoms with Gasteiger partial charge in [0.1, 0.15) is 5.82 Å². The fourth-order valence-corrected chi connectivity index (χ4v) is 2.70. The number of nitrogens with one attached hydrogen (secondary N) is 1. The zero-order valence-corrected chi connectivity index (χ0v) is 15.5. The van der Waals surface area contributed by atoms with Gasteiger partial charge in [0.2, 0.25) is 11.7 Å². The second-order valence-corrected chi connectivity index (χ2v) is 6.16. The Morgan fingerprint density at radius 1 is 1.14 bits per heavy atom. The summed E-state index contributed by atoms with van der Waals surface area (Å²) in [6.07, 6.45) is 4.39. The topological polar surface area (TPSA) is 85.4 Å². The van der Waals surface area contributed by atoms with Gasteiger partial charge >= 0.3 is 5.97 Å². The van der Waals surface area contributed by atoms with Gasteiger partial charge in [-0.2, -0.15) is 0 Å². The molecule has 1 amide bonds. The lowest BCUT2D eigenvalue weighted by molar-refractivity contribution is -0.136. The highest BCUT2D eigenvalue weighted by molar-refractivity contribution is 6.00. The molecule has 0 radical (unpaired) electrons. The number of hydrogen-bond acceptors (Lipinski definition) is 5. The van der Waals surface area contributed by atoms with Crippen LogP contribution in [0.2, 0.25) is 0 Å². The van der Waals surface area contributed by atoms with Gasteiger partial charge in [-0.25, -0.2) is 9.18 Å². The van der Waals surface area contributed by atoms with Gasteiger partial charge in [0, 0.05) is 35.8 Å². The molecule has 0 spiro atoms. The highest BCUT2D eigenvalue weighted by Crippen LogP contribution is 2.18. The molecule has 3 aromatic rings. The molecule has 7 heteroatoms. The first-order chi connectivity index (χ1) is 13.9. The van der Waals surface area contributed by atoms with E-state index in [9.17, 15) is 18.8 Å². The van der Waals surface area contributed by atoms with Crippen molar-refractivity contribution in [2.75, 3.05) is 11.9 Å². The van der Waals surface area contributed by atoms with Crippen molar-refractivity contribution >= 4 is 40.3 Å². The molecule has 0 saturated heterocycles. The molecule has 29 heavy (non-hydrogen) atoms. The SMILES string of the molecule is CC(=O)Nc1ccc(C(=O)COC(=O)/C=C/c2cccc3cccnc23)c(F)c1. The van der Waals surface area contributed by atoms with Crippen LogP contribution in [-0.2, 0) is 14.3 Å². The highest BCUT2D eigenvalue weighted by atomic mass is 19.1. The summed E-state index contributed by atoms with van der Waals surface area (Å²) in [5.41, 5.74) is 1.46. The number of hydrogen-bond donors (Lipinski definition) is 1. The first-order valence-electron chi connectivity index (χ1n) is 8.73. The Kier molecular flexibility index (Phi) is 6.09. The van der Waals surface area contributed by atoms with Gasteiger partial charge in [0.25, 0.3) is 0 Å². The number of amides is 1. The zero-order chi connectivity index (χ0) is 20.8. The summed E-state index contributed by atoms with van der Waals surface area (Å²) in [5, 5.41) is 3.34. The molecule has 0 atom stereocenters. The van der Waals surface area contributed by atoms with Crippen molar-refractivity contribution in [1.82, 2.24) is 4.98 Å². The van der Waals surface area contributed by atoms with Crippen molar-refractivity contribution in [3.8, 4) is 0 Å². The molecule has 146 valence electrons. The predicted molar refractivity (Wildman–Crippen MR) is 107 cm³/mol. The van der Waals surface area contributed by atoms with E-state index in [0.717, 1.165) is 22.5 Å². The van der Waals surface area contributed by atoms with E-state index in [1.807, 2.05) is 24.3 Å². The molecule has 3 rings (SSSR count). The van der Waals surface area contributed by atoms with Crippen molar-refractivity contribution in [1.29, 1.82) is 0 Å². The Labute approximate surface area is 166 Å². The number of nitrogens with zero attached hydrogens (tertiary/aromatic N) is 1. The lowest BCUT2D eigenvalue weighted by Gasteiger charge is -2.06. The van der Waals surface area contributed by atoms with Crippen LogP contribution < -0.4 is 5.32 Å². The number of rotatable bonds is 6. The fraction of sp³-hybridized carbons (Fsp3) is 0.0909. The van der Waals surface area contributed by atoms with E-state index in [4.69, 9.17) is 4.74 Å². The third kappa shape index (κ3) is 5.10. The highest BCUT2D eigenvalue weighted by Gasteiger charge is 2.14. The van der Waals surface area contributed by atoms with Crippen LogP contribution in [-0.4, -0.2) is 29.3 Å². The Balaban J connectivity index is 1.62. The lowest BCUT2D eigenvalue weighted by atomic mass is 10.1. The van der Waals surface area contributed by atoms with Crippen LogP contribution >= 0.6 is 0 Å². The minimum absolute atomic E-state index is 0.228. The number of esters is 1. The van der Waals surface area contributed by atoms with E-state index in [1.165, 1.54) is 25.1 Å². The zero-order valence-electron chi connectivity index (χ0n) is 15.5. The lowest BCUT2D eigenvalue weighted by Crippen LogP contribution is -2.14. The third-order valence-corrected chi connectivity index (χ3v) is 4.00. The molecule has 0 saturated carbocycles. The second kappa shape index (κ2) is 8.88. The third-order valence-electron chi connectivity index (χ3n) is 4.00. The summed E-state index contributed by atoms with van der Waals surface area (Å²) >= 11 is 0. The molecule has 1 aromatic heterocycles. The number of Topliss-reactive ketones (excluding diaryl/α,β-unsaturated/α-hetero) is 1. The minimum atomic E-state index is -0.810. The van der Waals surface area contributed by atoms with E-state index in [-0.39, 0.29) is 17.2 Å². The average molecular weight is 392 g/mol. The van der Waals surface area contributed by atoms with Gasteiger partial charge in [0.05, 0.1) is 11.1 Å². The van der Waals surface area contributed by atoms with Crippen molar-refractivity contribution in [2.45, 2.75) is 6.92 Å². The fourth-order valence-electron chi connectivity index (χ4n) is 2.70. The molecule has 2 aromatic carbocycles. The van der Waals surface area contributed by atoms with Crippen molar-refractivity contribution in [2.24, 2.45) is 0 Å². The van der Waals surface area contributed by atoms with Gasteiger partial charge in [0.15, 0.2) is 6.61 Å². The number of aromatic nitrogens is 1. The summed E-state index contributed by atoms with van der Waals surface area (Å²) in [5.74, 6) is -2.59. The molecular weight excluding hydrogens is 375 g/mol. The van der Waals surface area contributed by atoms with E-state index in [1.54, 1.807) is 18.3 Å². The maximum atomic E-state index is 14.1. The number of ketones is 1. The number of benzene rings is 2. The summed E-state index contributed by atoms with van der Waals surface area (Å²) in [6.45, 7) is 0.686. The van der Waals surface area contributed by atoms with E-state index in [0.29, 0.717) is 0 Å². The van der Waals surface area contributed by atoms with Crippen LogP contribution in [0.25, 0.3) is 17.0 Å². The molecule has 0 unspecified atom stereocenters. The number of pyridine rings is 1. The summed E-state index contributed by atoms with van der Waals surface area (Å²) in [6, 6.07) is 12.9. The van der Waals surface area contributed by atoms with Gasteiger partial charge in [-0.1, -0.05) is 24.3 Å². The molecule has 6 nitrogen and oxygen atoms in total. The Morgan fingerprint density at radius 2 is 1.93 bits per heavy atom. The van der Waals surface area contributed by atoms with Crippen molar-refractivity contribution < 1.29 is 23.5 Å². The van der Waals surface area contributed by atoms with Crippen LogP contribution in [0, 0.1) is 5.82 Å². The summed E-state index contributed by atoms with van der Waals surface area (Å²) < 4.78 is 19.0. The first-order valence-corrected chi connectivity index (χ1v) is 8.73. The van der Waals surface area contributed by atoms with E-state index in [2.05, 4.69) is 10.3 Å². The van der Waals surface area contributed by atoms with Crippen LogP contribution in [0.5, 0.6) is 0 Å². The molecular formula is C22H17FN2O4. The number of carbonyl (C=O) groups excluding carboxylic acids is 3. The number of halogens is 1. The van der Waals surface area contributed by atoms with Crippen molar-refractivity contribution in [3.63, 3.8) is 0 Å². The predicted octanol–water partition coefficient (Wildman–Crippen LogP) is 3.77. The number of anilines is 1.